The normalized spacial score (nSPS) is 10.4. The van der Waals surface area contributed by atoms with Gasteiger partial charge in [0.15, 0.2) is 0 Å². The number of rotatable bonds is 8. The first-order chi connectivity index (χ1) is 9.62. The van der Waals surface area contributed by atoms with E-state index in [9.17, 15) is 4.79 Å². The van der Waals surface area contributed by atoms with Crippen LogP contribution < -0.4 is 10.1 Å². The van der Waals surface area contributed by atoms with Crippen LogP contribution >= 0.6 is 15.9 Å². The minimum atomic E-state index is 0.207. The van der Waals surface area contributed by atoms with Crippen molar-refractivity contribution in [3.63, 3.8) is 0 Å². The Labute approximate surface area is 129 Å². The molecule has 1 aromatic carbocycles. The summed E-state index contributed by atoms with van der Waals surface area (Å²) in [5.74, 6) is 1.03. The molecule has 1 aromatic rings. The third kappa shape index (κ3) is 5.13. The number of halogens is 1. The number of carbonyl (C=O) groups is 1. The molecule has 112 valence electrons. The average molecular weight is 343 g/mol. The fourth-order valence-corrected chi connectivity index (χ4v) is 2.57. The molecule has 0 fully saturated rings. The molecule has 0 aliphatic heterocycles. The number of amides is 1. The van der Waals surface area contributed by atoms with E-state index in [1.54, 1.807) is 7.11 Å². The van der Waals surface area contributed by atoms with Gasteiger partial charge < -0.3 is 15.0 Å². The van der Waals surface area contributed by atoms with Gasteiger partial charge in [-0.15, -0.1) is 0 Å². The quantitative estimate of drug-likeness (QED) is 0.738. The van der Waals surface area contributed by atoms with Crippen LogP contribution in [-0.4, -0.2) is 37.6 Å². The van der Waals surface area contributed by atoms with E-state index >= 15 is 0 Å². The van der Waals surface area contributed by atoms with Crippen LogP contribution in [-0.2, 0) is 11.3 Å². The van der Waals surface area contributed by atoms with Gasteiger partial charge in [-0.05, 0) is 47.5 Å². The zero-order valence-electron chi connectivity index (χ0n) is 12.4. The molecule has 0 aromatic heterocycles. The Morgan fingerprint density at radius 2 is 2.05 bits per heavy atom. The Hall–Kier alpha value is -1.07. The highest BCUT2D eigenvalue weighted by atomic mass is 79.9. The van der Waals surface area contributed by atoms with Crippen molar-refractivity contribution in [3.05, 3.63) is 28.2 Å². The molecule has 0 radical (unpaired) electrons. The third-order valence-corrected chi connectivity index (χ3v) is 3.80. The molecule has 1 rings (SSSR count). The maximum Gasteiger partial charge on any atom is 0.223 e. The number of ether oxygens (including phenoxy) is 1. The second-order valence-corrected chi connectivity index (χ2v) is 5.32. The minimum Gasteiger partial charge on any atom is -0.496 e. The third-order valence-electron chi connectivity index (χ3n) is 3.18. The van der Waals surface area contributed by atoms with Crippen molar-refractivity contribution in [1.29, 1.82) is 0 Å². The van der Waals surface area contributed by atoms with Gasteiger partial charge >= 0.3 is 0 Å². The molecule has 0 atom stereocenters. The molecule has 20 heavy (non-hydrogen) atoms. The minimum absolute atomic E-state index is 0.207. The first kappa shape index (κ1) is 17.0. The Morgan fingerprint density at radius 3 is 2.60 bits per heavy atom. The van der Waals surface area contributed by atoms with Gasteiger partial charge in [0, 0.05) is 32.6 Å². The van der Waals surface area contributed by atoms with Crippen molar-refractivity contribution in [3.8, 4) is 5.75 Å². The molecule has 0 saturated heterocycles. The molecular weight excluding hydrogens is 320 g/mol. The van der Waals surface area contributed by atoms with Crippen LogP contribution in [0.4, 0.5) is 0 Å². The number of nitrogens with zero attached hydrogens (tertiary/aromatic N) is 1. The van der Waals surface area contributed by atoms with E-state index in [0.29, 0.717) is 13.0 Å². The summed E-state index contributed by atoms with van der Waals surface area (Å²) in [5.41, 5.74) is 1.16. The number of nitrogens with one attached hydrogen (secondary N) is 1. The van der Waals surface area contributed by atoms with Gasteiger partial charge in [-0.25, -0.2) is 0 Å². The molecule has 4 nitrogen and oxygen atoms in total. The summed E-state index contributed by atoms with van der Waals surface area (Å²) >= 11 is 3.46. The molecule has 1 N–H and O–H groups in total. The van der Waals surface area contributed by atoms with Crippen molar-refractivity contribution < 1.29 is 9.53 Å². The Kier molecular flexibility index (Phi) is 7.62. The standard InChI is InChI=1S/C15H23BrN2O2/c1-4-18(5-2)15(19)8-9-17-11-12-6-7-14(20-3)13(16)10-12/h6-7,10,17H,4-5,8-9,11H2,1-3H3. The maximum atomic E-state index is 11.8. The van der Waals surface area contributed by atoms with E-state index < -0.39 is 0 Å². The van der Waals surface area contributed by atoms with Crippen LogP contribution in [0.1, 0.15) is 25.8 Å². The Morgan fingerprint density at radius 1 is 1.35 bits per heavy atom. The van der Waals surface area contributed by atoms with Gasteiger partial charge in [0.1, 0.15) is 5.75 Å². The van der Waals surface area contributed by atoms with E-state index in [0.717, 1.165) is 35.4 Å². The maximum absolute atomic E-state index is 11.8. The molecule has 0 unspecified atom stereocenters. The molecule has 0 saturated carbocycles. The lowest BCUT2D eigenvalue weighted by Gasteiger charge is -2.18. The number of methoxy groups -OCH3 is 1. The van der Waals surface area contributed by atoms with Gasteiger partial charge in [-0.1, -0.05) is 6.07 Å². The monoisotopic (exact) mass is 342 g/mol. The van der Waals surface area contributed by atoms with Gasteiger partial charge in [-0.3, -0.25) is 4.79 Å². The van der Waals surface area contributed by atoms with Crippen LogP contribution in [0, 0.1) is 0 Å². The van der Waals surface area contributed by atoms with E-state index in [-0.39, 0.29) is 5.91 Å². The molecule has 1 amide bonds. The summed E-state index contributed by atoms with van der Waals surface area (Å²) in [6, 6.07) is 5.98. The predicted molar refractivity (Wildman–Crippen MR) is 84.9 cm³/mol. The molecule has 0 heterocycles. The SMILES string of the molecule is CCN(CC)C(=O)CCNCc1ccc(OC)c(Br)c1. The zero-order chi connectivity index (χ0) is 15.0. The van der Waals surface area contributed by atoms with E-state index in [1.165, 1.54) is 0 Å². The van der Waals surface area contributed by atoms with Crippen LogP contribution in [0.3, 0.4) is 0 Å². The summed E-state index contributed by atoms with van der Waals surface area (Å²) in [6.45, 7) is 7.00. The van der Waals surface area contributed by atoms with Gasteiger partial charge in [-0.2, -0.15) is 0 Å². The first-order valence-electron chi connectivity index (χ1n) is 6.93. The van der Waals surface area contributed by atoms with Gasteiger partial charge in [0.05, 0.1) is 11.6 Å². The molecule has 0 spiro atoms. The summed E-state index contributed by atoms with van der Waals surface area (Å²) in [5, 5.41) is 3.29. The molecule has 0 aliphatic carbocycles. The second kappa shape index (κ2) is 8.97. The lowest BCUT2D eigenvalue weighted by atomic mass is 10.2. The lowest BCUT2D eigenvalue weighted by molar-refractivity contribution is -0.130. The van der Waals surface area contributed by atoms with E-state index in [1.807, 2.05) is 36.9 Å². The van der Waals surface area contributed by atoms with Crippen LogP contribution in [0.2, 0.25) is 0 Å². The molecule has 5 heteroatoms. The topological polar surface area (TPSA) is 41.6 Å². The molecule has 0 aliphatic rings. The number of hydrogen-bond acceptors (Lipinski definition) is 3. The average Bonchev–Trinajstić information content (AvgIpc) is 2.45. The number of hydrogen-bond donors (Lipinski definition) is 1. The van der Waals surface area contributed by atoms with Crippen molar-refractivity contribution in [1.82, 2.24) is 10.2 Å². The van der Waals surface area contributed by atoms with Crippen molar-refractivity contribution in [2.75, 3.05) is 26.7 Å². The van der Waals surface area contributed by atoms with Gasteiger partial charge in [0.2, 0.25) is 5.91 Å². The van der Waals surface area contributed by atoms with E-state index in [2.05, 4.69) is 21.2 Å². The largest absolute Gasteiger partial charge is 0.496 e. The highest BCUT2D eigenvalue weighted by Crippen LogP contribution is 2.25. The van der Waals surface area contributed by atoms with Crippen LogP contribution in [0.5, 0.6) is 5.75 Å². The first-order valence-corrected chi connectivity index (χ1v) is 7.72. The number of benzene rings is 1. The summed E-state index contributed by atoms with van der Waals surface area (Å²) < 4.78 is 6.13. The van der Waals surface area contributed by atoms with Crippen LogP contribution in [0.15, 0.2) is 22.7 Å². The van der Waals surface area contributed by atoms with Crippen molar-refractivity contribution in [2.24, 2.45) is 0 Å². The second-order valence-electron chi connectivity index (χ2n) is 4.46. The smallest absolute Gasteiger partial charge is 0.223 e. The Balaban J connectivity index is 2.34. The zero-order valence-corrected chi connectivity index (χ0v) is 14.0. The summed E-state index contributed by atoms with van der Waals surface area (Å²) in [6.07, 6.45) is 0.541. The predicted octanol–water partition coefficient (Wildman–Crippen LogP) is 2.81. The fraction of sp³-hybridized carbons (Fsp3) is 0.533. The summed E-state index contributed by atoms with van der Waals surface area (Å²) in [7, 11) is 1.65. The highest BCUT2D eigenvalue weighted by Gasteiger charge is 2.08. The van der Waals surface area contributed by atoms with Crippen LogP contribution in [0.25, 0.3) is 0 Å². The van der Waals surface area contributed by atoms with E-state index in [4.69, 9.17) is 4.74 Å². The highest BCUT2D eigenvalue weighted by molar-refractivity contribution is 9.10. The molecule has 0 bridgehead atoms. The van der Waals surface area contributed by atoms with Gasteiger partial charge in [0.25, 0.3) is 0 Å². The fourth-order valence-electron chi connectivity index (χ4n) is 1.98. The summed E-state index contributed by atoms with van der Waals surface area (Å²) in [4.78, 5) is 13.7. The molecular formula is C15H23BrN2O2. The van der Waals surface area contributed by atoms with Crippen molar-refractivity contribution >= 4 is 21.8 Å². The Bertz CT molecular complexity index is 434. The number of carbonyl (C=O) groups excluding carboxylic acids is 1. The lowest BCUT2D eigenvalue weighted by Crippen LogP contribution is -2.32. The van der Waals surface area contributed by atoms with Crippen molar-refractivity contribution in [2.45, 2.75) is 26.8 Å².